The van der Waals surface area contributed by atoms with Crippen molar-refractivity contribution in [2.24, 2.45) is 5.92 Å². The molecular weight excluding hydrogens is 254 g/mol. The van der Waals surface area contributed by atoms with Crippen molar-refractivity contribution in [2.75, 3.05) is 20.3 Å². The molecular formula is C16H27NO3. The van der Waals surface area contributed by atoms with Gasteiger partial charge in [-0.05, 0) is 37.6 Å². The summed E-state index contributed by atoms with van der Waals surface area (Å²) >= 11 is 0. The van der Waals surface area contributed by atoms with Gasteiger partial charge < -0.3 is 19.9 Å². The van der Waals surface area contributed by atoms with E-state index >= 15 is 0 Å². The Balaban J connectivity index is 2.65. The van der Waals surface area contributed by atoms with Gasteiger partial charge in [0, 0.05) is 18.5 Å². The molecule has 1 rings (SSSR count). The topological polar surface area (TPSA) is 50.7 Å². The second-order valence-corrected chi connectivity index (χ2v) is 5.48. The molecule has 1 aromatic carbocycles. The number of aliphatic hydroxyl groups excluding tert-OH is 1. The highest BCUT2D eigenvalue weighted by Crippen LogP contribution is 2.24. The Morgan fingerprint density at radius 2 is 2.00 bits per heavy atom. The number of benzene rings is 1. The van der Waals surface area contributed by atoms with Gasteiger partial charge in [0.1, 0.15) is 11.5 Å². The van der Waals surface area contributed by atoms with E-state index < -0.39 is 0 Å². The molecule has 0 aliphatic heterocycles. The fraction of sp³-hybridized carbons (Fsp3) is 0.625. The summed E-state index contributed by atoms with van der Waals surface area (Å²) in [6.07, 6.45) is 0.293. The van der Waals surface area contributed by atoms with Crippen LogP contribution in [0.25, 0.3) is 0 Å². The van der Waals surface area contributed by atoms with E-state index in [1.165, 1.54) is 0 Å². The predicted octanol–water partition coefficient (Wildman–Crippen LogP) is 2.59. The Morgan fingerprint density at radius 1 is 1.25 bits per heavy atom. The maximum atomic E-state index is 9.27. The summed E-state index contributed by atoms with van der Waals surface area (Å²) in [4.78, 5) is 0. The van der Waals surface area contributed by atoms with Gasteiger partial charge in [0.2, 0.25) is 0 Å². The molecule has 0 amide bonds. The first kappa shape index (κ1) is 16.8. The summed E-state index contributed by atoms with van der Waals surface area (Å²) in [7, 11) is 1.66. The van der Waals surface area contributed by atoms with Crippen LogP contribution in [-0.4, -0.2) is 31.5 Å². The molecule has 1 atom stereocenters. The molecule has 0 spiro atoms. The third-order valence-corrected chi connectivity index (χ3v) is 2.93. The first-order valence-electron chi connectivity index (χ1n) is 7.21. The second kappa shape index (κ2) is 8.82. The molecule has 0 saturated carbocycles. The smallest absolute Gasteiger partial charge is 0.124 e. The minimum absolute atomic E-state index is 0.337. The summed E-state index contributed by atoms with van der Waals surface area (Å²) < 4.78 is 11.0. The van der Waals surface area contributed by atoms with Crippen LogP contribution in [0.4, 0.5) is 0 Å². The van der Waals surface area contributed by atoms with Crippen LogP contribution >= 0.6 is 0 Å². The van der Waals surface area contributed by atoms with E-state index in [4.69, 9.17) is 9.47 Å². The Hall–Kier alpha value is -1.26. The summed E-state index contributed by atoms with van der Waals surface area (Å²) in [5.74, 6) is 2.29. The lowest BCUT2D eigenvalue weighted by Gasteiger charge is -2.15. The number of rotatable bonds is 9. The molecule has 1 unspecified atom stereocenters. The zero-order chi connectivity index (χ0) is 15.0. The van der Waals surface area contributed by atoms with Crippen LogP contribution in [0.5, 0.6) is 11.5 Å². The SMILES string of the molecule is COc1ccc(OCCC(C)O)c(CNCC(C)C)c1. The largest absolute Gasteiger partial charge is 0.497 e. The third-order valence-electron chi connectivity index (χ3n) is 2.93. The number of ether oxygens (including phenoxy) is 2. The molecule has 1 aromatic rings. The lowest BCUT2D eigenvalue weighted by molar-refractivity contribution is 0.155. The lowest BCUT2D eigenvalue weighted by atomic mass is 10.1. The number of aliphatic hydroxyl groups is 1. The van der Waals surface area contributed by atoms with E-state index in [9.17, 15) is 5.11 Å². The van der Waals surface area contributed by atoms with Gasteiger partial charge in [-0.15, -0.1) is 0 Å². The van der Waals surface area contributed by atoms with Crippen LogP contribution in [0.15, 0.2) is 18.2 Å². The first-order chi connectivity index (χ1) is 9.52. The van der Waals surface area contributed by atoms with Crippen molar-refractivity contribution in [1.82, 2.24) is 5.32 Å². The van der Waals surface area contributed by atoms with Gasteiger partial charge in [-0.1, -0.05) is 13.8 Å². The molecule has 0 aromatic heterocycles. The number of methoxy groups -OCH3 is 1. The second-order valence-electron chi connectivity index (χ2n) is 5.48. The number of nitrogens with one attached hydrogen (secondary N) is 1. The van der Waals surface area contributed by atoms with E-state index in [0.717, 1.165) is 30.2 Å². The van der Waals surface area contributed by atoms with Crippen molar-refractivity contribution < 1.29 is 14.6 Å². The van der Waals surface area contributed by atoms with Crippen molar-refractivity contribution in [3.05, 3.63) is 23.8 Å². The van der Waals surface area contributed by atoms with Crippen LogP contribution in [-0.2, 0) is 6.54 Å². The monoisotopic (exact) mass is 281 g/mol. The normalized spacial score (nSPS) is 12.5. The predicted molar refractivity (Wildman–Crippen MR) is 81.3 cm³/mol. The van der Waals surface area contributed by atoms with Crippen LogP contribution in [0.2, 0.25) is 0 Å². The standard InChI is InChI=1S/C16H27NO3/c1-12(2)10-17-11-14-9-15(19-4)5-6-16(14)20-8-7-13(3)18/h5-6,9,12-13,17-18H,7-8,10-11H2,1-4H3. The molecule has 0 aliphatic carbocycles. The van der Waals surface area contributed by atoms with E-state index in [-0.39, 0.29) is 6.10 Å². The summed E-state index contributed by atoms with van der Waals surface area (Å²) in [5.41, 5.74) is 1.08. The molecule has 4 heteroatoms. The van der Waals surface area contributed by atoms with Crippen molar-refractivity contribution >= 4 is 0 Å². The summed E-state index contributed by atoms with van der Waals surface area (Å²) in [6.45, 7) is 8.35. The Labute approximate surface area is 122 Å². The molecule has 20 heavy (non-hydrogen) atoms. The molecule has 0 bridgehead atoms. The summed E-state index contributed by atoms with van der Waals surface area (Å²) in [6, 6.07) is 5.81. The summed E-state index contributed by atoms with van der Waals surface area (Å²) in [5, 5.41) is 12.7. The maximum absolute atomic E-state index is 9.27. The van der Waals surface area contributed by atoms with Gasteiger partial charge >= 0.3 is 0 Å². The van der Waals surface area contributed by atoms with Gasteiger partial charge in [-0.2, -0.15) is 0 Å². The first-order valence-corrected chi connectivity index (χ1v) is 7.21. The fourth-order valence-corrected chi connectivity index (χ4v) is 1.80. The van der Waals surface area contributed by atoms with Gasteiger partial charge in [0.05, 0.1) is 19.8 Å². The highest BCUT2D eigenvalue weighted by Gasteiger charge is 2.07. The van der Waals surface area contributed by atoms with Crippen LogP contribution in [0.3, 0.4) is 0 Å². The number of hydrogen-bond donors (Lipinski definition) is 2. The quantitative estimate of drug-likeness (QED) is 0.730. The van der Waals surface area contributed by atoms with Crippen LogP contribution in [0, 0.1) is 5.92 Å². The average Bonchev–Trinajstić information content (AvgIpc) is 2.39. The van der Waals surface area contributed by atoms with E-state index in [2.05, 4.69) is 19.2 Å². The van der Waals surface area contributed by atoms with Crippen molar-refractivity contribution in [1.29, 1.82) is 0 Å². The Morgan fingerprint density at radius 3 is 2.60 bits per heavy atom. The molecule has 4 nitrogen and oxygen atoms in total. The molecule has 0 saturated heterocycles. The van der Waals surface area contributed by atoms with E-state index in [1.54, 1.807) is 14.0 Å². The Bertz CT molecular complexity index is 391. The highest BCUT2D eigenvalue weighted by molar-refractivity contribution is 5.40. The molecule has 0 aliphatic rings. The Kier molecular flexibility index (Phi) is 7.41. The third kappa shape index (κ3) is 6.26. The molecule has 0 heterocycles. The molecule has 0 fully saturated rings. The minimum atomic E-state index is -0.337. The molecule has 2 N–H and O–H groups in total. The van der Waals surface area contributed by atoms with Crippen molar-refractivity contribution in [2.45, 2.75) is 39.8 Å². The average molecular weight is 281 g/mol. The molecule has 114 valence electrons. The fourth-order valence-electron chi connectivity index (χ4n) is 1.80. The zero-order valence-electron chi connectivity index (χ0n) is 13.0. The molecule has 0 radical (unpaired) electrons. The van der Waals surface area contributed by atoms with Gasteiger partial charge in [0.15, 0.2) is 0 Å². The highest BCUT2D eigenvalue weighted by atomic mass is 16.5. The van der Waals surface area contributed by atoms with Crippen LogP contribution in [0.1, 0.15) is 32.8 Å². The maximum Gasteiger partial charge on any atom is 0.124 e. The lowest BCUT2D eigenvalue weighted by Crippen LogP contribution is -2.19. The van der Waals surface area contributed by atoms with E-state index in [1.807, 2.05) is 18.2 Å². The van der Waals surface area contributed by atoms with Gasteiger partial charge in [0.25, 0.3) is 0 Å². The van der Waals surface area contributed by atoms with Gasteiger partial charge in [-0.3, -0.25) is 0 Å². The number of hydrogen-bond acceptors (Lipinski definition) is 4. The zero-order valence-corrected chi connectivity index (χ0v) is 13.0. The van der Waals surface area contributed by atoms with Crippen molar-refractivity contribution in [3.63, 3.8) is 0 Å². The van der Waals surface area contributed by atoms with Crippen molar-refractivity contribution in [3.8, 4) is 11.5 Å². The van der Waals surface area contributed by atoms with Gasteiger partial charge in [-0.25, -0.2) is 0 Å². The minimum Gasteiger partial charge on any atom is -0.497 e. The van der Waals surface area contributed by atoms with E-state index in [0.29, 0.717) is 18.9 Å². The van der Waals surface area contributed by atoms with Crippen LogP contribution < -0.4 is 14.8 Å².